The summed E-state index contributed by atoms with van der Waals surface area (Å²) >= 11 is 0. The maximum atomic E-state index is 5.85. The summed E-state index contributed by atoms with van der Waals surface area (Å²) in [5.41, 5.74) is 3.46. The van der Waals surface area contributed by atoms with Gasteiger partial charge in [-0.25, -0.2) is 0 Å². The van der Waals surface area contributed by atoms with Gasteiger partial charge in [0.2, 0.25) is 0 Å². The first kappa shape index (κ1) is 10.5. The van der Waals surface area contributed by atoms with Gasteiger partial charge in [0, 0.05) is 5.54 Å². The van der Waals surface area contributed by atoms with Crippen molar-refractivity contribution in [3.63, 3.8) is 0 Å². The van der Waals surface area contributed by atoms with Gasteiger partial charge in [0.1, 0.15) is 0 Å². The molecule has 1 unspecified atom stereocenters. The summed E-state index contributed by atoms with van der Waals surface area (Å²) in [7, 11) is -1.58. The molecule has 0 aromatic heterocycles. The number of hydrogen-bond acceptors (Lipinski definition) is 1. The first-order chi connectivity index (χ1) is 7.11. The lowest BCUT2D eigenvalue weighted by molar-refractivity contribution is 0.436. The summed E-state index contributed by atoms with van der Waals surface area (Å²) in [6.45, 7) is 6.79. The van der Waals surface area contributed by atoms with Crippen molar-refractivity contribution in [2.75, 3.05) is 0 Å². The second-order valence-electron chi connectivity index (χ2n) is 4.74. The number of allylic oxidation sites excluding steroid dienone is 1. The van der Waals surface area contributed by atoms with Gasteiger partial charge in [-0.2, -0.15) is 0 Å². The van der Waals surface area contributed by atoms with Gasteiger partial charge in [-0.3, -0.25) is 0 Å². The molecular weight excluding hydrogens is 200 g/mol. The maximum absolute atomic E-state index is 5.85. The Balaban J connectivity index is 2.38. The van der Waals surface area contributed by atoms with Crippen molar-refractivity contribution in [3.05, 3.63) is 47.7 Å². The first-order valence-electron chi connectivity index (χ1n) is 5.49. The number of hydrogen-bond donors (Lipinski definition) is 0. The molecule has 1 aromatic rings. The van der Waals surface area contributed by atoms with Crippen LogP contribution in [0.1, 0.15) is 23.1 Å². The van der Waals surface area contributed by atoms with Crippen LogP contribution in [-0.4, -0.2) is 8.32 Å². The average molecular weight is 218 g/mol. The molecule has 0 amide bonds. The molecule has 0 spiro atoms. The third-order valence-electron chi connectivity index (χ3n) is 3.24. The van der Waals surface area contributed by atoms with Crippen molar-refractivity contribution < 1.29 is 4.43 Å². The van der Waals surface area contributed by atoms with E-state index in [0.29, 0.717) is 5.54 Å². The fourth-order valence-electron chi connectivity index (χ4n) is 2.26. The lowest BCUT2D eigenvalue weighted by Crippen LogP contribution is -2.39. The summed E-state index contributed by atoms with van der Waals surface area (Å²) in [6, 6.07) is 8.67. The van der Waals surface area contributed by atoms with E-state index in [4.69, 9.17) is 4.43 Å². The molecule has 1 atom stereocenters. The predicted molar refractivity (Wildman–Crippen MR) is 66.2 cm³/mol. The topological polar surface area (TPSA) is 9.23 Å². The summed E-state index contributed by atoms with van der Waals surface area (Å²) in [4.78, 5) is 0. The van der Waals surface area contributed by atoms with Crippen LogP contribution < -0.4 is 0 Å². The lowest BCUT2D eigenvalue weighted by Gasteiger charge is -2.34. The van der Waals surface area contributed by atoms with Crippen molar-refractivity contribution in [3.8, 4) is 0 Å². The number of rotatable bonds is 1. The van der Waals surface area contributed by atoms with Crippen LogP contribution in [0.25, 0.3) is 0 Å². The Hall–Kier alpha value is -1.02. The van der Waals surface area contributed by atoms with Crippen molar-refractivity contribution in [2.24, 2.45) is 0 Å². The largest absolute Gasteiger partial charge is 0.549 e. The minimum Gasteiger partial charge on any atom is -0.549 e. The van der Waals surface area contributed by atoms with Crippen LogP contribution in [-0.2, 0) is 4.43 Å². The molecule has 0 fully saturated rings. The first-order valence-corrected chi connectivity index (χ1v) is 8.48. The van der Waals surface area contributed by atoms with Gasteiger partial charge in [0.15, 0.2) is 0 Å². The van der Waals surface area contributed by atoms with Crippen LogP contribution in [0.2, 0.25) is 13.1 Å². The van der Waals surface area contributed by atoms with Crippen LogP contribution in [0.5, 0.6) is 0 Å². The molecule has 0 N–H and O–H groups in total. The fraction of sp³-hybridized carbons (Fsp3) is 0.385. The van der Waals surface area contributed by atoms with Gasteiger partial charge >= 0.3 is 0 Å². The van der Waals surface area contributed by atoms with Crippen LogP contribution in [0.3, 0.4) is 0 Å². The van der Waals surface area contributed by atoms with E-state index in [-0.39, 0.29) is 0 Å². The van der Waals surface area contributed by atoms with E-state index in [1.54, 1.807) is 0 Å². The molecule has 1 nitrogen and oxygen atoms in total. The van der Waals surface area contributed by atoms with Crippen LogP contribution >= 0.6 is 0 Å². The SMILES string of the molecule is Cc1ccccc1C1CC=CO[Si]1(C)C. The van der Waals surface area contributed by atoms with Gasteiger partial charge in [-0.15, -0.1) is 0 Å². The molecule has 0 saturated carbocycles. The zero-order chi connectivity index (χ0) is 10.9. The molecular formula is C13H18OSi. The smallest absolute Gasteiger partial charge is 0.252 e. The molecule has 2 rings (SSSR count). The Bertz CT molecular complexity index is 382. The standard InChI is InChI=1S/C13H18OSi/c1-11-7-4-5-8-12(11)13-9-6-10-14-15(13,2)3/h4-8,10,13H,9H2,1-3H3. The molecule has 1 aromatic carbocycles. The van der Waals surface area contributed by atoms with Gasteiger partial charge in [-0.05, 0) is 37.6 Å². The van der Waals surface area contributed by atoms with E-state index < -0.39 is 8.32 Å². The van der Waals surface area contributed by atoms with Gasteiger partial charge in [-0.1, -0.05) is 30.3 Å². The molecule has 0 aliphatic carbocycles. The Morgan fingerprint density at radius 3 is 2.67 bits per heavy atom. The second kappa shape index (κ2) is 3.85. The number of benzene rings is 1. The molecule has 2 heteroatoms. The monoisotopic (exact) mass is 218 g/mol. The Morgan fingerprint density at radius 1 is 1.27 bits per heavy atom. The Morgan fingerprint density at radius 2 is 2.00 bits per heavy atom. The van der Waals surface area contributed by atoms with E-state index >= 15 is 0 Å². The highest BCUT2D eigenvalue weighted by molar-refractivity contribution is 6.73. The summed E-state index contributed by atoms with van der Waals surface area (Å²) < 4.78 is 5.85. The molecule has 1 aliphatic rings. The van der Waals surface area contributed by atoms with E-state index in [9.17, 15) is 0 Å². The van der Waals surface area contributed by atoms with Crippen LogP contribution in [0.4, 0.5) is 0 Å². The molecule has 1 aliphatic heterocycles. The van der Waals surface area contributed by atoms with E-state index in [0.717, 1.165) is 6.42 Å². The highest BCUT2D eigenvalue weighted by Gasteiger charge is 2.37. The third-order valence-corrected chi connectivity index (χ3v) is 6.21. The lowest BCUT2D eigenvalue weighted by atomic mass is 10.0. The van der Waals surface area contributed by atoms with E-state index in [1.807, 2.05) is 6.26 Å². The summed E-state index contributed by atoms with van der Waals surface area (Å²) in [5, 5.41) is 0. The van der Waals surface area contributed by atoms with Crippen molar-refractivity contribution in [1.82, 2.24) is 0 Å². The fourth-order valence-corrected chi connectivity index (χ4v) is 4.65. The number of aryl methyl sites for hydroxylation is 1. The zero-order valence-electron chi connectivity index (χ0n) is 9.66. The summed E-state index contributed by atoms with van der Waals surface area (Å²) in [6.07, 6.45) is 5.17. The molecule has 0 radical (unpaired) electrons. The third kappa shape index (κ3) is 2.00. The van der Waals surface area contributed by atoms with Crippen LogP contribution in [0.15, 0.2) is 36.6 Å². The summed E-state index contributed by atoms with van der Waals surface area (Å²) in [5.74, 6) is 0. The minimum atomic E-state index is -1.58. The average Bonchev–Trinajstić information content (AvgIpc) is 2.19. The maximum Gasteiger partial charge on any atom is 0.252 e. The molecule has 0 bridgehead atoms. The molecule has 0 saturated heterocycles. The Kier molecular flexibility index (Phi) is 2.70. The van der Waals surface area contributed by atoms with Crippen molar-refractivity contribution in [2.45, 2.75) is 32.0 Å². The normalized spacial score (nSPS) is 23.5. The Labute approximate surface area is 92.9 Å². The van der Waals surface area contributed by atoms with E-state index in [2.05, 4.69) is 50.4 Å². The quantitative estimate of drug-likeness (QED) is 0.652. The van der Waals surface area contributed by atoms with Gasteiger partial charge < -0.3 is 4.43 Å². The molecule has 80 valence electrons. The van der Waals surface area contributed by atoms with Crippen molar-refractivity contribution in [1.29, 1.82) is 0 Å². The minimum absolute atomic E-state index is 0.601. The van der Waals surface area contributed by atoms with E-state index in [1.165, 1.54) is 11.1 Å². The van der Waals surface area contributed by atoms with Gasteiger partial charge in [0.25, 0.3) is 8.32 Å². The highest BCUT2D eigenvalue weighted by Crippen LogP contribution is 2.35. The van der Waals surface area contributed by atoms with Crippen molar-refractivity contribution >= 4 is 8.32 Å². The molecule has 1 heterocycles. The highest BCUT2D eigenvalue weighted by atomic mass is 28.4. The van der Waals surface area contributed by atoms with Crippen LogP contribution in [0, 0.1) is 6.92 Å². The molecule has 15 heavy (non-hydrogen) atoms. The second-order valence-corrected chi connectivity index (χ2v) is 8.88. The zero-order valence-corrected chi connectivity index (χ0v) is 10.7. The van der Waals surface area contributed by atoms with Gasteiger partial charge in [0.05, 0.1) is 6.26 Å². The predicted octanol–water partition coefficient (Wildman–Crippen LogP) is 3.76.